The highest BCUT2D eigenvalue weighted by atomic mass is 35.5. The highest BCUT2D eigenvalue weighted by Crippen LogP contribution is 2.30. The average molecular weight is 278 g/mol. The van der Waals surface area contributed by atoms with Gasteiger partial charge in [0.25, 0.3) is 0 Å². The molecule has 2 fully saturated rings. The predicted octanol–water partition coefficient (Wildman–Crippen LogP) is 2.13. The van der Waals surface area contributed by atoms with Crippen molar-refractivity contribution < 1.29 is 9.53 Å². The molecular weight excluding hydrogens is 258 g/mol. The molecule has 1 amide bonds. The molecule has 2 atom stereocenters. The Balaban J connectivity index is 2.01. The number of nitrogens with zero attached hydrogens (tertiary/aromatic N) is 1. The third-order valence-electron chi connectivity index (χ3n) is 3.17. The highest BCUT2D eigenvalue weighted by molar-refractivity contribution is 8.00. The molecule has 3 nitrogen and oxygen atoms in total. The number of hydrogen-bond acceptors (Lipinski definition) is 3. The number of hydrogen-bond donors (Lipinski definition) is 0. The van der Waals surface area contributed by atoms with Crippen LogP contribution in [0.2, 0.25) is 0 Å². The van der Waals surface area contributed by atoms with Crippen molar-refractivity contribution in [1.29, 1.82) is 0 Å². The zero-order valence-electron chi connectivity index (χ0n) is 10.4. The fourth-order valence-electron chi connectivity index (χ4n) is 2.52. The molecule has 0 aromatic carbocycles. The molecule has 17 heavy (non-hydrogen) atoms. The summed E-state index contributed by atoms with van der Waals surface area (Å²) >= 11 is 7.66. The van der Waals surface area contributed by atoms with Crippen LogP contribution in [0.3, 0.4) is 0 Å². The molecule has 2 aliphatic rings. The molecule has 0 bridgehead atoms. The number of alkyl halides is 1. The maximum Gasteiger partial charge on any atom is 0.235 e. The van der Waals surface area contributed by atoms with Crippen LogP contribution in [0, 0.1) is 0 Å². The first-order chi connectivity index (χ1) is 8.02. The van der Waals surface area contributed by atoms with Crippen molar-refractivity contribution in [1.82, 2.24) is 4.90 Å². The molecule has 2 saturated heterocycles. The summed E-state index contributed by atoms with van der Waals surface area (Å²) in [5, 5.41) is 0.167. The van der Waals surface area contributed by atoms with E-state index in [1.165, 1.54) is 0 Å². The number of carbonyl (C=O) groups is 1. The van der Waals surface area contributed by atoms with Gasteiger partial charge in [0.05, 0.1) is 22.8 Å². The van der Waals surface area contributed by atoms with Gasteiger partial charge in [0, 0.05) is 13.1 Å². The molecule has 0 aliphatic carbocycles. The SMILES string of the molecule is CC1(C)CN(C(=O)C2CCCS2)CC(CCl)O1. The van der Waals surface area contributed by atoms with E-state index in [0.717, 1.165) is 18.6 Å². The summed E-state index contributed by atoms with van der Waals surface area (Å²) in [5.41, 5.74) is -0.281. The second-order valence-electron chi connectivity index (χ2n) is 5.37. The molecule has 0 N–H and O–H groups in total. The van der Waals surface area contributed by atoms with Gasteiger partial charge in [-0.25, -0.2) is 0 Å². The summed E-state index contributed by atoms with van der Waals surface area (Å²) in [6, 6.07) is 0. The van der Waals surface area contributed by atoms with Crippen molar-refractivity contribution >= 4 is 29.3 Å². The lowest BCUT2D eigenvalue weighted by Crippen LogP contribution is -2.56. The minimum absolute atomic E-state index is 0.0317. The maximum atomic E-state index is 12.4. The lowest BCUT2D eigenvalue weighted by Gasteiger charge is -2.43. The first-order valence-electron chi connectivity index (χ1n) is 6.16. The van der Waals surface area contributed by atoms with Gasteiger partial charge in [-0.15, -0.1) is 23.4 Å². The minimum Gasteiger partial charge on any atom is -0.367 e. The second kappa shape index (κ2) is 5.37. The molecule has 5 heteroatoms. The van der Waals surface area contributed by atoms with E-state index < -0.39 is 0 Å². The van der Waals surface area contributed by atoms with Crippen LogP contribution in [-0.4, -0.2) is 52.5 Å². The molecule has 2 unspecified atom stereocenters. The van der Waals surface area contributed by atoms with Crippen molar-refractivity contribution in [2.24, 2.45) is 0 Å². The number of rotatable bonds is 2. The van der Waals surface area contributed by atoms with Crippen LogP contribution in [0.5, 0.6) is 0 Å². The third kappa shape index (κ3) is 3.30. The zero-order valence-corrected chi connectivity index (χ0v) is 12.0. The van der Waals surface area contributed by atoms with E-state index in [-0.39, 0.29) is 22.9 Å². The fourth-order valence-corrected chi connectivity index (χ4v) is 3.92. The smallest absolute Gasteiger partial charge is 0.235 e. The monoisotopic (exact) mass is 277 g/mol. The number of amides is 1. The van der Waals surface area contributed by atoms with Crippen LogP contribution in [-0.2, 0) is 9.53 Å². The van der Waals surface area contributed by atoms with Crippen molar-refractivity contribution in [3.63, 3.8) is 0 Å². The molecule has 2 rings (SSSR count). The van der Waals surface area contributed by atoms with Gasteiger partial charge in [0.1, 0.15) is 0 Å². The molecule has 0 saturated carbocycles. The van der Waals surface area contributed by atoms with Crippen molar-refractivity contribution in [2.75, 3.05) is 24.7 Å². The Morgan fingerprint density at radius 1 is 1.59 bits per heavy atom. The standard InChI is InChI=1S/C12H20ClNO2S/c1-12(2)8-14(7-9(6-13)16-12)11(15)10-4-3-5-17-10/h9-10H,3-8H2,1-2H3. The van der Waals surface area contributed by atoms with Gasteiger partial charge in [-0.1, -0.05) is 0 Å². The Kier molecular flexibility index (Phi) is 4.26. The van der Waals surface area contributed by atoms with E-state index in [0.29, 0.717) is 19.0 Å². The molecular formula is C12H20ClNO2S. The summed E-state index contributed by atoms with van der Waals surface area (Å²) in [6.07, 6.45) is 2.15. The summed E-state index contributed by atoms with van der Waals surface area (Å²) < 4.78 is 5.83. The van der Waals surface area contributed by atoms with Gasteiger partial charge in [-0.2, -0.15) is 0 Å². The van der Waals surface area contributed by atoms with Crippen molar-refractivity contribution in [3.8, 4) is 0 Å². The summed E-state index contributed by atoms with van der Waals surface area (Å²) in [4.78, 5) is 14.3. The first kappa shape index (κ1) is 13.5. The van der Waals surface area contributed by atoms with Gasteiger partial charge in [0.2, 0.25) is 5.91 Å². The van der Waals surface area contributed by atoms with Crippen LogP contribution < -0.4 is 0 Å². The van der Waals surface area contributed by atoms with Crippen LogP contribution in [0.15, 0.2) is 0 Å². The quantitative estimate of drug-likeness (QED) is 0.724. The summed E-state index contributed by atoms with van der Waals surface area (Å²) in [6.45, 7) is 5.36. The van der Waals surface area contributed by atoms with E-state index in [1.54, 1.807) is 11.8 Å². The van der Waals surface area contributed by atoms with Gasteiger partial charge in [0.15, 0.2) is 0 Å². The number of halogens is 1. The molecule has 2 heterocycles. The van der Waals surface area contributed by atoms with Crippen molar-refractivity contribution in [2.45, 2.75) is 43.6 Å². The van der Waals surface area contributed by atoms with Crippen LogP contribution in [0.1, 0.15) is 26.7 Å². The molecule has 2 aliphatic heterocycles. The van der Waals surface area contributed by atoms with E-state index in [2.05, 4.69) is 0 Å². The Bertz CT molecular complexity index is 292. The molecule has 0 radical (unpaired) electrons. The number of carbonyl (C=O) groups excluding carboxylic acids is 1. The Labute approximate surface area is 112 Å². The van der Waals surface area contributed by atoms with Gasteiger partial charge in [-0.05, 0) is 32.4 Å². The van der Waals surface area contributed by atoms with E-state index >= 15 is 0 Å². The largest absolute Gasteiger partial charge is 0.367 e. The Morgan fingerprint density at radius 2 is 2.35 bits per heavy atom. The fraction of sp³-hybridized carbons (Fsp3) is 0.917. The van der Waals surface area contributed by atoms with E-state index in [1.807, 2.05) is 18.7 Å². The molecule has 0 aromatic rings. The topological polar surface area (TPSA) is 29.5 Å². The number of morpholine rings is 1. The lowest BCUT2D eigenvalue weighted by atomic mass is 10.0. The Hall–Kier alpha value is 0.0700. The van der Waals surface area contributed by atoms with Crippen molar-refractivity contribution in [3.05, 3.63) is 0 Å². The predicted molar refractivity (Wildman–Crippen MR) is 71.7 cm³/mol. The van der Waals surface area contributed by atoms with Crippen LogP contribution in [0.25, 0.3) is 0 Å². The van der Waals surface area contributed by atoms with Crippen LogP contribution >= 0.6 is 23.4 Å². The average Bonchev–Trinajstić information content (AvgIpc) is 2.79. The van der Waals surface area contributed by atoms with Gasteiger partial charge >= 0.3 is 0 Å². The highest BCUT2D eigenvalue weighted by Gasteiger charge is 2.38. The van der Waals surface area contributed by atoms with Gasteiger partial charge in [-0.3, -0.25) is 4.79 Å². The normalized spacial score (nSPS) is 32.8. The minimum atomic E-state index is -0.281. The van der Waals surface area contributed by atoms with E-state index in [4.69, 9.17) is 16.3 Å². The molecule has 0 aromatic heterocycles. The summed E-state index contributed by atoms with van der Waals surface area (Å²) in [7, 11) is 0. The third-order valence-corrected chi connectivity index (χ3v) is 4.88. The number of ether oxygens (including phenoxy) is 1. The first-order valence-corrected chi connectivity index (χ1v) is 7.74. The zero-order chi connectivity index (χ0) is 12.5. The Morgan fingerprint density at radius 3 is 2.94 bits per heavy atom. The lowest BCUT2D eigenvalue weighted by molar-refractivity contribution is -0.157. The maximum absolute atomic E-state index is 12.4. The molecule has 98 valence electrons. The molecule has 0 spiro atoms. The second-order valence-corrected chi connectivity index (χ2v) is 6.99. The van der Waals surface area contributed by atoms with Gasteiger partial charge < -0.3 is 9.64 Å². The van der Waals surface area contributed by atoms with E-state index in [9.17, 15) is 4.79 Å². The summed E-state index contributed by atoms with van der Waals surface area (Å²) in [5.74, 6) is 1.84. The number of thioether (sulfide) groups is 1. The van der Waals surface area contributed by atoms with Crippen LogP contribution in [0.4, 0.5) is 0 Å².